The fourth-order valence-corrected chi connectivity index (χ4v) is 19.8. The Hall–Kier alpha value is -14.3. The number of carbonyl (C=O) groups excluding carboxylic acids is 12. The van der Waals surface area contributed by atoms with Crippen LogP contribution in [-0.2, 0) is 97.3 Å². The van der Waals surface area contributed by atoms with Crippen LogP contribution in [0, 0.1) is 40.4 Å². The number of esters is 3. The zero-order valence-electron chi connectivity index (χ0n) is 77.4. The van der Waals surface area contributed by atoms with Crippen molar-refractivity contribution in [3.63, 3.8) is 0 Å². The number of guanidine groups is 1. The molecule has 47 heteroatoms. The van der Waals surface area contributed by atoms with E-state index in [4.69, 9.17) is 45.6 Å². The Morgan fingerprint density at radius 1 is 0.686 bits per heavy atom. The number of anilines is 2. The minimum atomic E-state index is -2.31. The maximum atomic E-state index is 15.9. The Morgan fingerprint density at radius 2 is 1.28 bits per heavy atom. The van der Waals surface area contributed by atoms with Gasteiger partial charge in [-0.3, -0.25) is 77.1 Å². The lowest BCUT2D eigenvalue weighted by Gasteiger charge is -2.67. The van der Waals surface area contributed by atoms with Gasteiger partial charge >= 0.3 is 53.9 Å². The topological polar surface area (TPSA) is 721 Å². The number of Topliss-reactive ketones (excluding diaryl/α,β-unsaturated/α-hetero) is 3. The first-order valence-corrected chi connectivity index (χ1v) is 46.7. The van der Waals surface area contributed by atoms with E-state index in [0.717, 1.165) is 7.05 Å². The van der Waals surface area contributed by atoms with Gasteiger partial charge in [-0.05, 0) is 98.4 Å². The second-order valence-corrected chi connectivity index (χ2v) is 37.4. The van der Waals surface area contributed by atoms with Crippen molar-refractivity contribution in [2.24, 2.45) is 56.9 Å². The van der Waals surface area contributed by atoms with Crippen molar-refractivity contribution < 1.29 is 146 Å². The quantitative estimate of drug-likeness (QED) is 0.00490. The van der Waals surface area contributed by atoms with Crippen molar-refractivity contribution >= 4 is 151 Å². The Balaban J connectivity index is 0.000000314. The summed E-state index contributed by atoms with van der Waals surface area (Å²) in [5.41, 5.74) is 10.5. The maximum absolute atomic E-state index is 15.9. The summed E-state index contributed by atoms with van der Waals surface area (Å²) >= 11 is 0. The zero-order valence-corrected chi connectivity index (χ0v) is 79.0. The van der Waals surface area contributed by atoms with E-state index in [2.05, 4.69) is 56.8 Å². The summed E-state index contributed by atoms with van der Waals surface area (Å²) in [5.74, 6) is -23.2. The molecule has 140 heavy (non-hydrogen) atoms. The highest BCUT2D eigenvalue weighted by Crippen LogP contribution is 2.66. The molecule has 2 saturated carbocycles. The van der Waals surface area contributed by atoms with Crippen LogP contribution in [0.2, 0.25) is 0 Å². The summed E-state index contributed by atoms with van der Waals surface area (Å²) in [6, 6.07) is 24.1. The molecule has 45 nitrogen and oxygen atoms in total. The number of hydrogen-bond acceptors (Lipinski definition) is 34. The molecular weight excluding hydrogens is 1870 g/mol. The number of nitrogens with one attached hydrogen (secondary N) is 7. The second-order valence-electron chi connectivity index (χ2n) is 34.7. The van der Waals surface area contributed by atoms with E-state index in [1.54, 1.807) is 113 Å². The summed E-state index contributed by atoms with van der Waals surface area (Å²) in [5, 5.41) is 87.9. The number of nitrogen functional groups attached to an aromatic ring is 1. The smallest absolute Gasteiger partial charge is 0.481 e. The zero-order chi connectivity index (χ0) is 103. The predicted octanol–water partition coefficient (Wildman–Crippen LogP) is 3.92. The fraction of sp³-hybridized carbons (Fsp3) is 0.462. The van der Waals surface area contributed by atoms with E-state index in [1.165, 1.54) is 78.0 Å². The van der Waals surface area contributed by atoms with E-state index in [-0.39, 0.29) is 91.1 Å². The summed E-state index contributed by atoms with van der Waals surface area (Å²) in [7, 11) is 3.76. The Kier molecular flexibility index (Phi) is 38.1. The van der Waals surface area contributed by atoms with Crippen molar-refractivity contribution in [1.82, 2.24) is 46.5 Å². The molecule has 10 rings (SSSR count). The van der Waals surface area contributed by atoms with Gasteiger partial charge in [0.1, 0.15) is 60.3 Å². The largest absolute Gasteiger partial charge is 0.508 e. The molecule has 3 aliphatic carbocycles. The van der Waals surface area contributed by atoms with Crippen LogP contribution >= 0.6 is 21.6 Å². The predicted molar refractivity (Wildman–Crippen MR) is 498 cm³/mol. The first-order chi connectivity index (χ1) is 66.1. The number of aliphatic hydroxyl groups is 2. The number of ether oxygens (including phenoxy) is 6. The fourth-order valence-electron chi connectivity index (χ4n) is 17.6. The highest BCUT2D eigenvalue weighted by atomic mass is 33.1. The number of fused-ring (bicyclic) bond motifs is 6. The van der Waals surface area contributed by atoms with Gasteiger partial charge in [-0.15, -0.1) is 0 Å². The number of ketones is 3. The molecule has 1 saturated heterocycles. The van der Waals surface area contributed by atoms with E-state index < -0.39 is 264 Å². The molecule has 2 bridgehead atoms. The van der Waals surface area contributed by atoms with Crippen LogP contribution in [0.25, 0.3) is 11.2 Å². The Morgan fingerprint density at radius 3 is 1.86 bits per heavy atom. The average molecular weight is 1990 g/mol. The van der Waals surface area contributed by atoms with Gasteiger partial charge in [0, 0.05) is 92.3 Å². The first-order valence-electron chi connectivity index (χ1n) is 44.3. The van der Waals surface area contributed by atoms with Gasteiger partial charge in [0.05, 0.1) is 91.0 Å². The minimum Gasteiger partial charge on any atom is -0.481 e. The number of aliphatic hydroxyl groups excluding tert-OH is 1. The van der Waals surface area contributed by atoms with Crippen LogP contribution in [0.4, 0.5) is 16.4 Å². The Bertz CT molecular complexity index is 5740. The second kappa shape index (κ2) is 48.8. The molecule has 1 aliphatic heterocycles. The van der Waals surface area contributed by atoms with Gasteiger partial charge in [-0.1, -0.05) is 116 Å². The van der Waals surface area contributed by atoms with Crippen LogP contribution < -0.4 is 54.7 Å². The number of aromatic amines is 1. The number of nitrogens with two attached hydrogens (primary N) is 3. The summed E-state index contributed by atoms with van der Waals surface area (Å²) in [6.07, 6.45) is -13.8. The number of likely N-dealkylation sites (N-methyl/N-ethyl adjacent to an activating group) is 1. The van der Waals surface area contributed by atoms with E-state index in [0.29, 0.717) is 33.8 Å². The van der Waals surface area contributed by atoms with Crippen LogP contribution in [0.15, 0.2) is 142 Å². The molecular formula is C93H112N14O31S2. The normalized spacial score (nSPS) is 21.5. The molecule has 1 unspecified atom stereocenters. The number of amides is 5. The third kappa shape index (κ3) is 27.6. The number of benzene rings is 4. The number of rotatable bonds is 46. The number of carboxylic acids is 5. The van der Waals surface area contributed by atoms with Crippen LogP contribution in [-0.4, -0.2) is 261 Å². The first kappa shape index (κ1) is 109. The number of aliphatic carboxylic acids is 5. The van der Waals surface area contributed by atoms with Crippen molar-refractivity contribution in [1.29, 1.82) is 0 Å². The van der Waals surface area contributed by atoms with Gasteiger partial charge in [0.25, 0.3) is 17.4 Å². The molecule has 752 valence electrons. The molecule has 5 amide bonds. The lowest BCUT2D eigenvalue weighted by Crippen LogP contribution is -2.81. The number of hydrogen-bond donors (Lipinski definition) is 17. The number of aliphatic imine (C=N–C) groups is 1. The number of nitrogens with zero attached hydrogens (tertiary/aromatic N) is 4. The molecule has 4 aromatic carbocycles. The lowest BCUT2D eigenvalue weighted by atomic mass is 9.43. The van der Waals surface area contributed by atoms with E-state index in [1.807, 2.05) is 0 Å². The highest BCUT2D eigenvalue weighted by Gasteiger charge is 2.79. The van der Waals surface area contributed by atoms with Crippen LogP contribution in [0.5, 0.6) is 0 Å². The number of carboxylic acid groups (broad SMARTS) is 5. The average Bonchev–Trinajstić information content (AvgIpc) is 0.665. The van der Waals surface area contributed by atoms with Crippen molar-refractivity contribution in [3.8, 4) is 0 Å². The highest BCUT2D eigenvalue weighted by molar-refractivity contribution is 8.76. The third-order valence-corrected chi connectivity index (χ3v) is 27.3. The summed E-state index contributed by atoms with van der Waals surface area (Å²) < 4.78 is 36.6. The number of carbonyl (C=O) groups is 17. The maximum Gasteiger partial charge on any atom is 0.508 e. The molecule has 6 aromatic rings. The van der Waals surface area contributed by atoms with Crippen molar-refractivity contribution in [2.75, 3.05) is 49.4 Å². The summed E-state index contributed by atoms with van der Waals surface area (Å²) in [4.78, 5) is 253. The van der Waals surface area contributed by atoms with Gasteiger partial charge < -0.3 is 113 Å². The molecule has 0 spiro atoms. The molecule has 20 N–H and O–H groups in total. The van der Waals surface area contributed by atoms with E-state index >= 15 is 4.79 Å². The van der Waals surface area contributed by atoms with Crippen molar-refractivity contribution in [3.05, 3.63) is 171 Å². The summed E-state index contributed by atoms with van der Waals surface area (Å²) in [6.45, 7) is 10.5. The monoisotopic (exact) mass is 1980 g/mol. The third-order valence-electron chi connectivity index (χ3n) is 24.8. The van der Waals surface area contributed by atoms with Gasteiger partial charge in [0.15, 0.2) is 34.6 Å². The standard InChI is InChI=1S/C53H61NO16S2.C40H51N13O15/c1-29(46(59)60)27-72-71-24-23-65-49(63)68-37-25-38-52(28-66-38,70-32(4)55)42-44(69-47(61)35-21-15-10-16-22-35)53(64)26-36(30(2)39(50(53,5)6)31(3)43(57)51(37,42)7)67-48(62)41(56)40(33-17-11-8-12-18-33)54-45(58)34-19-13-9-14-20-34;1-44-36(65)26(15-30(60)61)51-35(64)20(14-29(58)59)12-27(55)24(3-2-10-45-39(41)42)49-34(63)19(13-28(56)57)11-23(54)8-9-25(38(67)68)50-33(62)18-4-6-21(7-5-18)46-16-22-17-47-32-31(48-22)37(66)53-40(43)52-32/h8-22,29,31,36-38,40-42,44,56,64H,23-28H2,1-7H3,(H,54,58)(H,59,60);4-7,17,19-20,24-26,46H,2-3,8-16H2,1H3,(H,44,65)(H,49,63)(H,50,62)(H,51,64)(H,56,57)(H,58,59)(H,60,61)(H,67,68)(H4,41,42,45)(H3,43,47,52,53,66)/t29-,31+,36-,37-,38+,40-,41+,42?,44-,51+,52-,53+;19-,20-,24-,25-,26-/m00/s1. The van der Waals surface area contributed by atoms with Crippen LogP contribution in [0.3, 0.4) is 0 Å². The molecule has 17 atom stereocenters. The number of H-pyrrole nitrogens is 1. The Labute approximate surface area is 808 Å². The molecule has 2 aromatic heterocycles. The molecule has 4 aliphatic rings. The SMILES string of the molecule is CC(=O)O[C@@]12CO[C@@H]1C[C@H](OC(=O)OCCSSC[C@H](C)C(=O)O)[C@@]1(C)C(=O)[C@H](C)C3=C(C)[C@@H](OC(=O)[C@H](O)[C@@H](NC(=O)c4ccccc4)c4ccccc4)C[C@@](O)([C@@H](OC(=O)c4ccccc4)C12)C3(C)C.CNC(=O)[C@H](CC(=O)O)NC(=O)[C@H](CC(=O)O)CC(=O)[C@H](CCCN=C(N)N)NC(=O)[C@H](CC(=O)O)CC(=O)CC[C@H](NC(=O)c1ccc(NCc2cnc3nc(N)[nH]c(=O)c3n2)cc1)C(=O)O. The van der Waals surface area contributed by atoms with Gasteiger partial charge in [0.2, 0.25) is 23.7 Å². The molecule has 3 heterocycles. The number of aromatic nitrogens is 4. The molecule has 3 fully saturated rings. The van der Waals surface area contributed by atoms with E-state index in [9.17, 15) is 117 Å². The lowest BCUT2D eigenvalue weighted by molar-refractivity contribution is -0.345. The van der Waals surface area contributed by atoms with Gasteiger partial charge in [-0.25, -0.2) is 29.1 Å². The van der Waals surface area contributed by atoms with Gasteiger partial charge in [-0.2, -0.15) is 4.98 Å². The molecule has 0 radical (unpaired) electrons. The van der Waals surface area contributed by atoms with Crippen molar-refractivity contribution in [2.45, 2.75) is 192 Å². The van der Waals surface area contributed by atoms with Crippen LogP contribution in [0.1, 0.15) is 167 Å². The minimum absolute atomic E-state index is 0.00843.